The second-order valence-electron chi connectivity index (χ2n) is 7.46. The molecule has 2 heterocycles. The van der Waals surface area contributed by atoms with Crippen LogP contribution in [0.4, 0.5) is 5.69 Å². The third kappa shape index (κ3) is 5.08. The number of carbonyl (C=O) groups is 2. The minimum atomic E-state index is -3.53. The highest BCUT2D eigenvalue weighted by Gasteiger charge is 2.33. The maximum atomic E-state index is 12.9. The highest BCUT2D eigenvalue weighted by atomic mass is 32.2. The van der Waals surface area contributed by atoms with Crippen LogP contribution in [0.25, 0.3) is 0 Å². The Morgan fingerprint density at radius 2 is 1.83 bits per heavy atom. The lowest BCUT2D eigenvalue weighted by atomic mass is 10.0. The first kappa shape index (κ1) is 22.5. The van der Waals surface area contributed by atoms with Crippen LogP contribution in [0.15, 0.2) is 39.9 Å². The fraction of sp³-hybridized carbons (Fsp3) is 0.429. The Kier molecular flexibility index (Phi) is 7.27. The van der Waals surface area contributed by atoms with Crippen molar-refractivity contribution in [1.29, 1.82) is 0 Å². The van der Waals surface area contributed by atoms with Gasteiger partial charge in [-0.05, 0) is 55.7 Å². The molecule has 1 aliphatic rings. The van der Waals surface area contributed by atoms with E-state index in [-0.39, 0.29) is 12.6 Å². The summed E-state index contributed by atoms with van der Waals surface area (Å²) in [7, 11) is -3.53. The molecule has 2 amide bonds. The fourth-order valence-corrected chi connectivity index (χ4v) is 6.56. The van der Waals surface area contributed by atoms with Crippen molar-refractivity contribution in [1.82, 2.24) is 9.62 Å². The van der Waals surface area contributed by atoms with E-state index in [1.807, 2.05) is 32.0 Å². The SMILES string of the molecule is Cc1cccc(C)c1NC(=O)C(=O)NCC[C@H]1CCCCN1S(=O)(=O)c1cccs1. The normalized spacial score (nSPS) is 17.5. The summed E-state index contributed by atoms with van der Waals surface area (Å²) in [6.07, 6.45) is 2.98. The van der Waals surface area contributed by atoms with Crippen molar-refractivity contribution >= 4 is 38.9 Å². The molecule has 1 atom stereocenters. The Morgan fingerprint density at radius 3 is 2.50 bits per heavy atom. The Labute approximate surface area is 181 Å². The largest absolute Gasteiger partial charge is 0.348 e. The Balaban J connectivity index is 1.56. The quantitative estimate of drug-likeness (QED) is 0.663. The molecule has 1 aliphatic heterocycles. The minimum absolute atomic E-state index is 0.187. The molecule has 0 saturated carbocycles. The summed E-state index contributed by atoms with van der Waals surface area (Å²) in [5.74, 6) is -1.44. The van der Waals surface area contributed by atoms with Gasteiger partial charge in [0.1, 0.15) is 4.21 Å². The maximum absolute atomic E-state index is 12.9. The third-order valence-corrected chi connectivity index (χ3v) is 8.65. The van der Waals surface area contributed by atoms with E-state index < -0.39 is 21.8 Å². The number of hydrogen-bond acceptors (Lipinski definition) is 5. The summed E-state index contributed by atoms with van der Waals surface area (Å²) in [5.41, 5.74) is 2.40. The Hall–Kier alpha value is -2.23. The van der Waals surface area contributed by atoms with Crippen molar-refractivity contribution in [3.63, 3.8) is 0 Å². The fourth-order valence-electron chi connectivity index (χ4n) is 3.72. The Morgan fingerprint density at radius 1 is 1.10 bits per heavy atom. The monoisotopic (exact) mass is 449 g/mol. The molecule has 0 bridgehead atoms. The van der Waals surface area contributed by atoms with Gasteiger partial charge in [0.15, 0.2) is 0 Å². The summed E-state index contributed by atoms with van der Waals surface area (Å²) in [5, 5.41) is 7.04. The molecule has 1 aromatic heterocycles. The summed E-state index contributed by atoms with van der Waals surface area (Å²) >= 11 is 1.21. The first-order valence-electron chi connectivity index (χ1n) is 10.0. The van der Waals surface area contributed by atoms with Crippen LogP contribution in [0.5, 0.6) is 0 Å². The van der Waals surface area contributed by atoms with Crippen LogP contribution in [-0.4, -0.2) is 43.7 Å². The molecule has 7 nitrogen and oxygen atoms in total. The molecule has 162 valence electrons. The average Bonchev–Trinajstić information content (AvgIpc) is 3.27. The first-order chi connectivity index (χ1) is 14.3. The molecule has 1 fully saturated rings. The van der Waals surface area contributed by atoms with Gasteiger partial charge in [0.2, 0.25) is 0 Å². The van der Waals surface area contributed by atoms with Crippen LogP contribution in [0.1, 0.15) is 36.8 Å². The highest BCUT2D eigenvalue weighted by Crippen LogP contribution is 2.29. The van der Waals surface area contributed by atoms with E-state index >= 15 is 0 Å². The lowest BCUT2D eigenvalue weighted by Crippen LogP contribution is -2.45. The van der Waals surface area contributed by atoms with E-state index in [0.717, 1.165) is 30.4 Å². The lowest BCUT2D eigenvalue weighted by Gasteiger charge is -2.34. The number of nitrogens with zero attached hydrogens (tertiary/aromatic N) is 1. The number of carbonyl (C=O) groups excluding carboxylic acids is 2. The predicted molar refractivity (Wildman–Crippen MR) is 118 cm³/mol. The number of aryl methyl sites for hydroxylation is 2. The third-order valence-electron chi connectivity index (χ3n) is 5.32. The molecule has 2 aromatic rings. The number of benzene rings is 1. The van der Waals surface area contributed by atoms with Gasteiger partial charge in [-0.1, -0.05) is 30.7 Å². The van der Waals surface area contributed by atoms with Crippen molar-refractivity contribution in [2.75, 3.05) is 18.4 Å². The zero-order chi connectivity index (χ0) is 21.7. The van der Waals surface area contributed by atoms with Gasteiger partial charge in [0.25, 0.3) is 10.0 Å². The van der Waals surface area contributed by atoms with Crippen molar-refractivity contribution in [3.8, 4) is 0 Å². The minimum Gasteiger partial charge on any atom is -0.348 e. The van der Waals surface area contributed by atoms with Crippen LogP contribution >= 0.6 is 11.3 Å². The van der Waals surface area contributed by atoms with Crippen LogP contribution in [-0.2, 0) is 19.6 Å². The van der Waals surface area contributed by atoms with E-state index in [4.69, 9.17) is 0 Å². The van der Waals surface area contributed by atoms with E-state index in [2.05, 4.69) is 10.6 Å². The number of rotatable bonds is 6. The molecule has 30 heavy (non-hydrogen) atoms. The van der Waals surface area contributed by atoms with Crippen molar-refractivity contribution in [3.05, 3.63) is 46.8 Å². The zero-order valence-corrected chi connectivity index (χ0v) is 18.8. The number of amides is 2. The summed E-state index contributed by atoms with van der Waals surface area (Å²) < 4.78 is 27.7. The van der Waals surface area contributed by atoms with Crippen molar-refractivity contribution < 1.29 is 18.0 Å². The van der Waals surface area contributed by atoms with Gasteiger partial charge in [-0.3, -0.25) is 9.59 Å². The van der Waals surface area contributed by atoms with Crippen LogP contribution < -0.4 is 10.6 Å². The molecule has 0 aliphatic carbocycles. The summed E-state index contributed by atoms with van der Waals surface area (Å²) in [6, 6.07) is 8.78. The van der Waals surface area contributed by atoms with Gasteiger partial charge in [-0.15, -0.1) is 11.3 Å². The number of sulfonamides is 1. The van der Waals surface area contributed by atoms with Gasteiger partial charge in [0.05, 0.1) is 0 Å². The summed E-state index contributed by atoms with van der Waals surface area (Å²) in [6.45, 7) is 4.45. The topological polar surface area (TPSA) is 95.6 Å². The summed E-state index contributed by atoms with van der Waals surface area (Å²) in [4.78, 5) is 24.5. The molecular formula is C21H27N3O4S2. The number of nitrogens with one attached hydrogen (secondary N) is 2. The molecule has 3 rings (SSSR count). The molecule has 1 saturated heterocycles. The Bertz CT molecular complexity index is 983. The van der Waals surface area contributed by atoms with Crippen molar-refractivity contribution in [2.24, 2.45) is 0 Å². The molecule has 0 radical (unpaired) electrons. The van der Waals surface area contributed by atoms with Crippen LogP contribution in [0, 0.1) is 13.8 Å². The van der Waals surface area contributed by atoms with Gasteiger partial charge < -0.3 is 10.6 Å². The number of para-hydroxylation sites is 1. The van der Waals surface area contributed by atoms with Crippen LogP contribution in [0.2, 0.25) is 0 Å². The van der Waals surface area contributed by atoms with E-state index in [1.54, 1.807) is 21.8 Å². The first-order valence-corrected chi connectivity index (χ1v) is 12.3. The smallest absolute Gasteiger partial charge is 0.313 e. The second-order valence-corrected chi connectivity index (χ2v) is 10.5. The van der Waals surface area contributed by atoms with E-state index in [1.165, 1.54) is 11.3 Å². The van der Waals surface area contributed by atoms with E-state index in [9.17, 15) is 18.0 Å². The van der Waals surface area contributed by atoms with Gasteiger partial charge in [0, 0.05) is 24.8 Å². The number of piperidine rings is 1. The van der Waals surface area contributed by atoms with Gasteiger partial charge >= 0.3 is 11.8 Å². The molecule has 0 unspecified atom stereocenters. The number of hydrogen-bond donors (Lipinski definition) is 2. The molecule has 9 heteroatoms. The molecular weight excluding hydrogens is 422 g/mol. The number of anilines is 1. The highest BCUT2D eigenvalue weighted by molar-refractivity contribution is 7.91. The molecule has 1 aromatic carbocycles. The van der Waals surface area contributed by atoms with E-state index in [0.29, 0.717) is 22.9 Å². The molecule has 0 spiro atoms. The predicted octanol–water partition coefficient (Wildman–Crippen LogP) is 3.05. The van der Waals surface area contributed by atoms with Crippen molar-refractivity contribution in [2.45, 2.75) is 49.8 Å². The van der Waals surface area contributed by atoms with Gasteiger partial charge in [-0.2, -0.15) is 4.31 Å². The standard InChI is InChI=1S/C21H27N3O4S2/c1-15-7-5-8-16(2)19(15)23-21(26)20(25)22-12-11-17-9-3-4-13-24(17)30(27,28)18-10-6-14-29-18/h5-8,10,14,17H,3-4,9,11-13H2,1-2H3,(H,22,25)(H,23,26)/t17-/m1/s1. The second kappa shape index (κ2) is 9.72. The van der Waals surface area contributed by atoms with Crippen LogP contribution in [0.3, 0.4) is 0 Å². The average molecular weight is 450 g/mol. The maximum Gasteiger partial charge on any atom is 0.313 e. The number of thiophene rings is 1. The lowest BCUT2D eigenvalue weighted by molar-refractivity contribution is -0.136. The molecule has 2 N–H and O–H groups in total. The van der Waals surface area contributed by atoms with Gasteiger partial charge in [-0.25, -0.2) is 8.42 Å². The zero-order valence-electron chi connectivity index (χ0n) is 17.2.